The van der Waals surface area contributed by atoms with Crippen LogP contribution in [0.1, 0.15) is 52.0 Å². The van der Waals surface area contributed by atoms with Gasteiger partial charge in [-0.25, -0.2) is 0 Å². The Morgan fingerprint density at radius 3 is 2.58 bits per heavy atom. The molecule has 0 saturated carbocycles. The van der Waals surface area contributed by atoms with E-state index in [0.717, 1.165) is 5.56 Å². The highest BCUT2D eigenvalue weighted by Gasteiger charge is 2.78. The molecule has 3 saturated heterocycles. The first kappa shape index (κ1) is 23.7. The van der Waals surface area contributed by atoms with Gasteiger partial charge in [0.2, 0.25) is 17.7 Å². The molecular weight excluding hydrogens is 422 g/mol. The van der Waals surface area contributed by atoms with E-state index in [2.05, 4.69) is 10.6 Å². The molecule has 0 radical (unpaired) electrons. The zero-order valence-corrected chi connectivity index (χ0v) is 19.7. The maximum absolute atomic E-state index is 13.7. The summed E-state index contributed by atoms with van der Waals surface area (Å²) in [6, 6.07) is 8.75. The molecule has 3 heterocycles. The zero-order chi connectivity index (χ0) is 23.8. The van der Waals surface area contributed by atoms with E-state index in [1.807, 2.05) is 51.1 Å². The molecule has 8 nitrogen and oxygen atoms in total. The highest BCUT2D eigenvalue weighted by atomic mass is 16.5. The maximum atomic E-state index is 13.7. The van der Waals surface area contributed by atoms with Gasteiger partial charge in [-0.3, -0.25) is 14.4 Å². The molecule has 3 aliphatic rings. The summed E-state index contributed by atoms with van der Waals surface area (Å²) in [5, 5.41) is 15.3. The number of benzene rings is 1. The summed E-state index contributed by atoms with van der Waals surface area (Å²) < 4.78 is 6.66. The average Bonchev–Trinajstić information content (AvgIpc) is 3.40. The Morgan fingerprint density at radius 1 is 1.21 bits per heavy atom. The van der Waals surface area contributed by atoms with Crippen LogP contribution in [-0.4, -0.2) is 64.2 Å². The molecule has 33 heavy (non-hydrogen) atoms. The molecule has 5 atom stereocenters. The van der Waals surface area contributed by atoms with Gasteiger partial charge in [0.1, 0.15) is 11.6 Å². The second-order valence-corrected chi connectivity index (χ2v) is 9.81. The van der Waals surface area contributed by atoms with Crippen molar-refractivity contribution in [2.45, 2.75) is 76.3 Å². The number of aliphatic hydroxyl groups excluding tert-OH is 1. The van der Waals surface area contributed by atoms with E-state index < -0.39 is 29.1 Å². The van der Waals surface area contributed by atoms with Crippen LogP contribution in [0.15, 0.2) is 30.3 Å². The summed E-state index contributed by atoms with van der Waals surface area (Å²) >= 11 is 0. The third-order valence-corrected chi connectivity index (χ3v) is 7.51. The average molecular weight is 458 g/mol. The van der Waals surface area contributed by atoms with Gasteiger partial charge >= 0.3 is 0 Å². The van der Waals surface area contributed by atoms with Crippen molar-refractivity contribution < 1.29 is 24.2 Å². The molecule has 2 bridgehead atoms. The molecule has 3 amide bonds. The van der Waals surface area contributed by atoms with Crippen molar-refractivity contribution >= 4 is 17.7 Å². The number of carbonyl (C=O) groups is 3. The van der Waals surface area contributed by atoms with Crippen molar-refractivity contribution in [2.75, 3.05) is 13.2 Å². The number of aliphatic hydroxyl groups is 1. The molecule has 1 aromatic carbocycles. The molecule has 3 fully saturated rings. The van der Waals surface area contributed by atoms with Crippen molar-refractivity contribution in [1.82, 2.24) is 15.5 Å². The van der Waals surface area contributed by atoms with Crippen molar-refractivity contribution in [3.05, 3.63) is 35.9 Å². The minimum Gasteiger partial charge on any atom is -0.396 e. The maximum Gasteiger partial charge on any atom is 0.246 e. The predicted octanol–water partition coefficient (Wildman–Crippen LogP) is 1.36. The molecular formula is C25H35N3O5. The van der Waals surface area contributed by atoms with Gasteiger partial charge in [-0.15, -0.1) is 0 Å². The highest BCUT2D eigenvalue weighted by molar-refractivity contribution is 5.99. The Labute approximate surface area is 195 Å². The summed E-state index contributed by atoms with van der Waals surface area (Å²) in [6.45, 7) is 6.28. The van der Waals surface area contributed by atoms with Gasteiger partial charge in [0.05, 0.1) is 17.4 Å². The van der Waals surface area contributed by atoms with Crippen LogP contribution in [-0.2, 0) is 25.7 Å². The van der Waals surface area contributed by atoms with Gasteiger partial charge in [0.25, 0.3) is 0 Å². The van der Waals surface area contributed by atoms with E-state index in [1.165, 1.54) is 0 Å². The standard InChI is InChI=1S/C25H35N3O5/c1-4-24-11-12-25(33-24)19(18(24)21(30)26-15-17-9-6-5-7-10-17)23(32)28(13-8-14-29)20(25)22(31)27-16(2)3/h5-7,9-10,16,18-20,29H,4,8,11-15H2,1-3H3,(H,26,30)(H,27,31)/t18-,19-,20?,24+,25?/m0/s1. The lowest BCUT2D eigenvalue weighted by Crippen LogP contribution is -2.56. The van der Waals surface area contributed by atoms with Crippen molar-refractivity contribution in [1.29, 1.82) is 0 Å². The second kappa shape index (κ2) is 9.06. The van der Waals surface area contributed by atoms with Crippen LogP contribution in [0.5, 0.6) is 0 Å². The second-order valence-electron chi connectivity index (χ2n) is 9.81. The van der Waals surface area contributed by atoms with Crippen molar-refractivity contribution in [2.24, 2.45) is 11.8 Å². The van der Waals surface area contributed by atoms with Crippen LogP contribution in [0.3, 0.4) is 0 Å². The van der Waals surface area contributed by atoms with E-state index in [1.54, 1.807) is 4.90 Å². The molecule has 3 N–H and O–H groups in total. The summed E-state index contributed by atoms with van der Waals surface area (Å²) in [6.07, 6.45) is 2.16. The summed E-state index contributed by atoms with van der Waals surface area (Å²) in [4.78, 5) is 42.1. The van der Waals surface area contributed by atoms with Crippen LogP contribution < -0.4 is 10.6 Å². The number of rotatable bonds is 9. The van der Waals surface area contributed by atoms with Gasteiger partial charge in [-0.2, -0.15) is 0 Å². The molecule has 4 rings (SSSR count). The monoisotopic (exact) mass is 457 g/mol. The number of hydrogen-bond acceptors (Lipinski definition) is 5. The summed E-state index contributed by atoms with van der Waals surface area (Å²) in [5.74, 6) is -2.03. The molecule has 1 spiro atoms. The normalized spacial score (nSPS) is 32.3. The number of nitrogens with one attached hydrogen (secondary N) is 2. The smallest absolute Gasteiger partial charge is 0.246 e. The Kier molecular flexibility index (Phi) is 6.51. The first-order valence-electron chi connectivity index (χ1n) is 12.0. The molecule has 3 aliphatic heterocycles. The number of nitrogens with zero attached hydrogens (tertiary/aromatic N) is 1. The number of amides is 3. The number of fused-ring (bicyclic) bond motifs is 1. The van der Waals surface area contributed by atoms with Crippen LogP contribution in [0, 0.1) is 11.8 Å². The van der Waals surface area contributed by atoms with Crippen LogP contribution >= 0.6 is 0 Å². The fourth-order valence-electron chi connectivity index (χ4n) is 6.16. The molecule has 2 unspecified atom stereocenters. The lowest BCUT2D eigenvalue weighted by atomic mass is 9.65. The fourth-order valence-corrected chi connectivity index (χ4v) is 6.16. The van der Waals surface area contributed by atoms with Gasteiger partial charge in [-0.1, -0.05) is 37.3 Å². The largest absolute Gasteiger partial charge is 0.396 e. The third kappa shape index (κ3) is 3.83. The third-order valence-electron chi connectivity index (χ3n) is 7.51. The van der Waals surface area contributed by atoms with E-state index in [-0.39, 0.29) is 36.9 Å². The topological polar surface area (TPSA) is 108 Å². The lowest BCUT2D eigenvalue weighted by Gasteiger charge is -2.34. The van der Waals surface area contributed by atoms with E-state index in [9.17, 15) is 19.5 Å². The first-order valence-corrected chi connectivity index (χ1v) is 12.0. The van der Waals surface area contributed by atoms with E-state index in [0.29, 0.717) is 32.2 Å². The number of hydrogen-bond donors (Lipinski definition) is 3. The zero-order valence-electron chi connectivity index (χ0n) is 19.7. The van der Waals surface area contributed by atoms with Crippen molar-refractivity contribution in [3.63, 3.8) is 0 Å². The molecule has 0 aliphatic carbocycles. The van der Waals surface area contributed by atoms with Gasteiger partial charge in [-0.05, 0) is 45.1 Å². The number of ether oxygens (including phenoxy) is 1. The molecule has 8 heteroatoms. The minimum absolute atomic E-state index is 0.0826. The number of likely N-dealkylation sites (tertiary alicyclic amines) is 1. The Balaban J connectivity index is 1.67. The molecule has 180 valence electrons. The minimum atomic E-state index is -1.02. The van der Waals surface area contributed by atoms with E-state index in [4.69, 9.17) is 4.74 Å². The Hall–Kier alpha value is -2.45. The molecule has 0 aromatic heterocycles. The quantitative estimate of drug-likeness (QED) is 0.519. The van der Waals surface area contributed by atoms with Crippen LogP contribution in [0.25, 0.3) is 0 Å². The Morgan fingerprint density at radius 2 is 1.94 bits per heavy atom. The predicted molar refractivity (Wildman–Crippen MR) is 122 cm³/mol. The number of carbonyl (C=O) groups excluding carboxylic acids is 3. The van der Waals surface area contributed by atoms with Gasteiger partial charge in [0.15, 0.2) is 0 Å². The van der Waals surface area contributed by atoms with Crippen LogP contribution in [0.4, 0.5) is 0 Å². The lowest BCUT2D eigenvalue weighted by molar-refractivity contribution is -0.148. The fraction of sp³-hybridized carbons (Fsp3) is 0.640. The van der Waals surface area contributed by atoms with Crippen molar-refractivity contribution in [3.8, 4) is 0 Å². The SMILES string of the molecule is CC[C@]12CCC3(O1)C(C(=O)NC(C)C)N(CCCO)C(=O)[C@@H]3[C@H]2C(=O)NCc1ccccc1. The van der Waals surface area contributed by atoms with Crippen LogP contribution in [0.2, 0.25) is 0 Å². The highest BCUT2D eigenvalue weighted by Crippen LogP contribution is 2.64. The summed E-state index contributed by atoms with van der Waals surface area (Å²) in [5.41, 5.74) is -0.789. The van der Waals surface area contributed by atoms with E-state index >= 15 is 0 Å². The van der Waals surface area contributed by atoms with Gasteiger partial charge in [0, 0.05) is 25.7 Å². The Bertz CT molecular complexity index is 907. The van der Waals surface area contributed by atoms with Gasteiger partial charge < -0.3 is 25.4 Å². The first-order chi connectivity index (χ1) is 15.8. The summed E-state index contributed by atoms with van der Waals surface area (Å²) in [7, 11) is 0. The molecule has 1 aromatic rings.